The van der Waals surface area contributed by atoms with Crippen molar-refractivity contribution in [2.45, 2.75) is 13.0 Å². The summed E-state index contributed by atoms with van der Waals surface area (Å²) in [6.07, 6.45) is 1.32. The maximum absolute atomic E-state index is 11.2. The van der Waals surface area contributed by atoms with Crippen LogP contribution in [-0.2, 0) is 11.3 Å². The SMILES string of the molecule is COc1nn(CCC(=O)NCCO)cc1[N+](=O)[O-]. The fraction of sp³-hybridized carbons (Fsp3) is 0.556. The average Bonchev–Trinajstić information content (AvgIpc) is 2.77. The standard InChI is InChI=1S/C9H14N4O5/c1-18-9-7(13(16)17)6-12(11-9)4-2-8(15)10-3-5-14/h6,14H,2-5H2,1H3,(H,10,15). The van der Waals surface area contributed by atoms with Crippen LogP contribution in [0.25, 0.3) is 0 Å². The maximum atomic E-state index is 11.2. The van der Waals surface area contributed by atoms with Crippen LogP contribution in [0.4, 0.5) is 5.69 Å². The summed E-state index contributed by atoms with van der Waals surface area (Å²) in [5, 5.41) is 25.4. The number of aliphatic hydroxyl groups is 1. The molecule has 18 heavy (non-hydrogen) atoms. The Kier molecular flexibility index (Phi) is 5.06. The van der Waals surface area contributed by atoms with E-state index < -0.39 is 4.92 Å². The molecular formula is C9H14N4O5. The number of rotatable bonds is 7. The molecule has 0 aromatic carbocycles. The lowest BCUT2D eigenvalue weighted by molar-refractivity contribution is -0.385. The van der Waals surface area contributed by atoms with Gasteiger partial charge in [-0.05, 0) is 0 Å². The van der Waals surface area contributed by atoms with E-state index in [2.05, 4.69) is 10.4 Å². The molecule has 0 fully saturated rings. The molecule has 1 aromatic heterocycles. The van der Waals surface area contributed by atoms with E-state index in [1.54, 1.807) is 0 Å². The van der Waals surface area contributed by atoms with Crippen molar-refractivity contribution >= 4 is 11.6 Å². The van der Waals surface area contributed by atoms with Gasteiger partial charge in [0.15, 0.2) is 0 Å². The molecule has 0 unspecified atom stereocenters. The average molecular weight is 258 g/mol. The normalized spacial score (nSPS) is 10.1. The first-order chi connectivity index (χ1) is 8.58. The lowest BCUT2D eigenvalue weighted by atomic mass is 10.4. The molecule has 0 aliphatic carbocycles. The van der Waals surface area contributed by atoms with Gasteiger partial charge >= 0.3 is 11.6 Å². The highest BCUT2D eigenvalue weighted by Gasteiger charge is 2.20. The number of aromatic nitrogens is 2. The molecule has 0 saturated carbocycles. The number of ether oxygens (including phenoxy) is 1. The van der Waals surface area contributed by atoms with Gasteiger partial charge in [0.05, 0.1) is 25.2 Å². The molecule has 0 spiro atoms. The van der Waals surface area contributed by atoms with Gasteiger partial charge in [-0.2, -0.15) is 0 Å². The topological polar surface area (TPSA) is 120 Å². The van der Waals surface area contributed by atoms with Crippen molar-refractivity contribution in [2.75, 3.05) is 20.3 Å². The number of hydrogen-bond acceptors (Lipinski definition) is 6. The Hall–Kier alpha value is -2.16. The number of carbonyl (C=O) groups is 1. The highest BCUT2D eigenvalue weighted by molar-refractivity contribution is 5.75. The second-order valence-electron chi connectivity index (χ2n) is 3.37. The summed E-state index contributed by atoms with van der Waals surface area (Å²) in [5.41, 5.74) is -0.242. The van der Waals surface area contributed by atoms with Crippen LogP contribution in [0.15, 0.2) is 6.20 Å². The van der Waals surface area contributed by atoms with Gasteiger partial charge in [0.2, 0.25) is 5.91 Å². The van der Waals surface area contributed by atoms with E-state index in [0.717, 1.165) is 0 Å². The molecule has 9 nitrogen and oxygen atoms in total. The highest BCUT2D eigenvalue weighted by atomic mass is 16.6. The minimum Gasteiger partial charge on any atom is -0.475 e. The van der Waals surface area contributed by atoms with Crippen LogP contribution >= 0.6 is 0 Å². The Morgan fingerprint density at radius 3 is 2.94 bits per heavy atom. The molecular weight excluding hydrogens is 244 g/mol. The molecule has 0 atom stereocenters. The van der Waals surface area contributed by atoms with Crippen molar-refractivity contribution in [1.82, 2.24) is 15.1 Å². The van der Waals surface area contributed by atoms with Crippen molar-refractivity contribution in [1.29, 1.82) is 0 Å². The molecule has 0 radical (unpaired) electrons. The second kappa shape index (κ2) is 6.55. The van der Waals surface area contributed by atoms with E-state index in [0.29, 0.717) is 0 Å². The molecule has 0 aliphatic rings. The maximum Gasteiger partial charge on any atom is 0.350 e. The van der Waals surface area contributed by atoms with Gasteiger partial charge < -0.3 is 15.2 Å². The first-order valence-corrected chi connectivity index (χ1v) is 5.22. The molecule has 1 heterocycles. The Bertz CT molecular complexity index is 431. The number of nitro groups is 1. The molecule has 0 saturated heterocycles. The molecule has 1 aromatic rings. The van der Waals surface area contributed by atoms with Crippen LogP contribution in [0, 0.1) is 10.1 Å². The number of aryl methyl sites for hydroxylation is 1. The minimum atomic E-state index is -0.603. The number of nitrogens with zero attached hydrogens (tertiary/aromatic N) is 3. The third-order valence-corrected chi connectivity index (χ3v) is 2.10. The summed E-state index contributed by atoms with van der Waals surface area (Å²) in [4.78, 5) is 21.3. The number of amides is 1. The Labute approximate surface area is 103 Å². The van der Waals surface area contributed by atoms with E-state index >= 15 is 0 Å². The molecule has 2 N–H and O–H groups in total. The van der Waals surface area contributed by atoms with E-state index in [4.69, 9.17) is 9.84 Å². The van der Waals surface area contributed by atoms with Crippen LogP contribution < -0.4 is 10.1 Å². The lowest BCUT2D eigenvalue weighted by Gasteiger charge is -2.02. The van der Waals surface area contributed by atoms with Crippen LogP contribution in [0.5, 0.6) is 5.88 Å². The largest absolute Gasteiger partial charge is 0.475 e. The predicted octanol–water partition coefficient (Wildman–Crippen LogP) is -0.701. The molecule has 1 amide bonds. The third-order valence-electron chi connectivity index (χ3n) is 2.10. The molecule has 0 aliphatic heterocycles. The Balaban J connectivity index is 2.57. The summed E-state index contributed by atoms with van der Waals surface area (Å²) in [5.74, 6) is -0.350. The van der Waals surface area contributed by atoms with Crippen molar-refractivity contribution in [3.63, 3.8) is 0 Å². The number of nitrogens with one attached hydrogen (secondary N) is 1. The quantitative estimate of drug-likeness (QED) is 0.493. The summed E-state index contributed by atoms with van der Waals surface area (Å²) < 4.78 is 6.03. The van der Waals surface area contributed by atoms with Crippen molar-refractivity contribution in [2.24, 2.45) is 0 Å². The molecule has 1 rings (SSSR count). The van der Waals surface area contributed by atoms with Crippen molar-refractivity contribution in [3.05, 3.63) is 16.3 Å². The van der Waals surface area contributed by atoms with Gasteiger partial charge in [0.25, 0.3) is 0 Å². The van der Waals surface area contributed by atoms with Gasteiger partial charge in [-0.25, -0.2) is 0 Å². The van der Waals surface area contributed by atoms with Crippen LogP contribution in [0.2, 0.25) is 0 Å². The van der Waals surface area contributed by atoms with Gasteiger partial charge in [-0.15, -0.1) is 5.10 Å². The fourth-order valence-electron chi connectivity index (χ4n) is 1.28. The first kappa shape index (κ1) is 13.9. The lowest BCUT2D eigenvalue weighted by Crippen LogP contribution is -2.27. The van der Waals surface area contributed by atoms with Crippen LogP contribution in [0.3, 0.4) is 0 Å². The van der Waals surface area contributed by atoms with Gasteiger partial charge in [0, 0.05) is 13.0 Å². The zero-order chi connectivity index (χ0) is 13.5. The predicted molar refractivity (Wildman–Crippen MR) is 60.1 cm³/mol. The number of hydrogen-bond donors (Lipinski definition) is 2. The number of carbonyl (C=O) groups excluding carboxylic acids is 1. The van der Waals surface area contributed by atoms with E-state index in [-0.39, 0.29) is 43.6 Å². The fourth-order valence-corrected chi connectivity index (χ4v) is 1.28. The first-order valence-electron chi connectivity index (χ1n) is 5.22. The molecule has 9 heteroatoms. The zero-order valence-corrected chi connectivity index (χ0v) is 9.83. The third kappa shape index (κ3) is 3.70. The van der Waals surface area contributed by atoms with E-state index in [1.165, 1.54) is 18.0 Å². The second-order valence-corrected chi connectivity index (χ2v) is 3.37. The summed E-state index contributed by atoms with van der Waals surface area (Å²) in [6.45, 7) is 0.246. The zero-order valence-electron chi connectivity index (χ0n) is 9.83. The van der Waals surface area contributed by atoms with E-state index in [9.17, 15) is 14.9 Å². The van der Waals surface area contributed by atoms with Crippen LogP contribution in [-0.4, -0.2) is 46.0 Å². The minimum absolute atomic E-state index is 0.0873. The van der Waals surface area contributed by atoms with Gasteiger partial charge in [-0.3, -0.25) is 19.6 Å². The highest BCUT2D eigenvalue weighted by Crippen LogP contribution is 2.23. The van der Waals surface area contributed by atoms with E-state index in [1.807, 2.05) is 0 Å². The van der Waals surface area contributed by atoms with Crippen molar-refractivity contribution < 1.29 is 19.6 Å². The smallest absolute Gasteiger partial charge is 0.350 e. The van der Waals surface area contributed by atoms with Crippen molar-refractivity contribution in [3.8, 4) is 5.88 Å². The summed E-state index contributed by atoms with van der Waals surface area (Å²) in [6, 6.07) is 0. The number of methoxy groups -OCH3 is 1. The molecule has 100 valence electrons. The van der Waals surface area contributed by atoms with Gasteiger partial charge in [0.1, 0.15) is 6.20 Å². The molecule has 0 bridgehead atoms. The monoisotopic (exact) mass is 258 g/mol. The summed E-state index contributed by atoms with van der Waals surface area (Å²) >= 11 is 0. The Morgan fingerprint density at radius 1 is 1.72 bits per heavy atom. The van der Waals surface area contributed by atoms with Gasteiger partial charge in [-0.1, -0.05) is 0 Å². The summed E-state index contributed by atoms with van der Waals surface area (Å²) in [7, 11) is 1.29. The Morgan fingerprint density at radius 2 is 2.44 bits per heavy atom. The number of aliphatic hydroxyl groups excluding tert-OH is 1. The van der Waals surface area contributed by atoms with Crippen LogP contribution in [0.1, 0.15) is 6.42 Å².